The zero-order valence-corrected chi connectivity index (χ0v) is 55.3. The Morgan fingerprint density at radius 1 is 0.511 bits per heavy atom. The van der Waals surface area contributed by atoms with E-state index in [2.05, 4.69) is 12.7 Å². The lowest BCUT2D eigenvalue weighted by Gasteiger charge is -2.43. The van der Waals surface area contributed by atoms with Gasteiger partial charge in [0.25, 0.3) is 0 Å². The van der Waals surface area contributed by atoms with Crippen LogP contribution in [0.5, 0.6) is 0 Å². The van der Waals surface area contributed by atoms with E-state index in [0.29, 0.717) is 57.8 Å². The Kier molecular flexibility index (Phi) is 44.0. The number of unbranched alkanes of at least 4 members (excludes halogenated alkanes) is 7. The summed E-state index contributed by atoms with van der Waals surface area (Å²) in [4.78, 5) is 12.1. The first-order chi connectivity index (χ1) is 43.5. The Morgan fingerprint density at radius 3 is 1.63 bits per heavy atom. The second-order valence-electron chi connectivity index (χ2n) is 26.6. The van der Waals surface area contributed by atoms with Crippen LogP contribution in [0, 0.1) is 17.8 Å². The van der Waals surface area contributed by atoms with Crippen LogP contribution in [-0.4, -0.2) is 266 Å². The molecule has 0 bridgehead atoms. The van der Waals surface area contributed by atoms with Gasteiger partial charge in [-0.1, -0.05) is 108 Å². The standard InChI is InChI=1S/C67H121ClO24/c1-39(21-17-23-43(70)24-19-25-44(71)35-46(73)36-45(72)26-20-34-69)55(80)49(76)31-29-41(3)57(82)59(84)47(74)28-18-22-40(2)56(81)51(78)37-54-63(88)64(89)65(90)66(91-54)50(77)32-30-42(4)58(83)62(87)53-38-52(79)61(86)67(92-53)60(85)48(75)27-15-13-11-9-7-5-6-8-10-12-14-16-33-68/h12,14-16,27,33,39-41,43-45,47-67,69-72,74-90H,4-11,13,17-26,28-32,34-38H2,1-3H3/b14-12+,27-15+,33-16+/t39-,40-,41+,43-,44?,45+,47-,48-,49-,50+,51-,52+,53+,54-,55-,56-,57-,58+,59+,60-,61+,62-,63-,64-,65+,66-,67-/m1/s1. The van der Waals surface area contributed by atoms with Gasteiger partial charge in [-0.05, 0) is 132 Å². The van der Waals surface area contributed by atoms with E-state index in [4.69, 9.17) is 26.2 Å². The molecule has 1 unspecified atom stereocenters. The molecule has 25 heteroatoms. The summed E-state index contributed by atoms with van der Waals surface area (Å²) in [6.45, 7) is 8.73. The number of Topliss-reactive ketones (excluding diaryl/α,β-unsaturated/α-hetero) is 1. The first kappa shape index (κ1) is 86.1. The summed E-state index contributed by atoms with van der Waals surface area (Å²) < 4.78 is 11.6. The van der Waals surface area contributed by atoms with E-state index in [1.54, 1.807) is 32.9 Å². The molecule has 0 aromatic carbocycles. The fraction of sp³-hybridized carbons (Fsp3) is 0.866. The fourth-order valence-electron chi connectivity index (χ4n) is 12.2. The summed E-state index contributed by atoms with van der Waals surface area (Å²) in [5.41, 5.74) is 1.41. The molecule has 0 amide bonds. The van der Waals surface area contributed by atoms with Crippen LogP contribution in [0.2, 0.25) is 0 Å². The third-order valence-corrected chi connectivity index (χ3v) is 18.8. The Morgan fingerprint density at radius 2 is 1.03 bits per heavy atom. The summed E-state index contributed by atoms with van der Waals surface area (Å²) in [5.74, 6) is -1.87. The number of aliphatic hydroxyl groups is 21. The van der Waals surface area contributed by atoms with Crippen molar-refractivity contribution >= 4 is 17.4 Å². The van der Waals surface area contributed by atoms with Crippen molar-refractivity contribution in [2.45, 2.75) is 341 Å². The molecule has 0 spiro atoms. The minimum atomic E-state index is -1.87. The van der Waals surface area contributed by atoms with E-state index in [1.807, 2.05) is 6.08 Å². The average molecular weight is 1350 g/mol. The Hall–Kier alpha value is -2.00. The van der Waals surface area contributed by atoms with E-state index >= 15 is 0 Å². The van der Waals surface area contributed by atoms with Gasteiger partial charge in [0.05, 0.1) is 79.4 Å². The highest BCUT2D eigenvalue weighted by Crippen LogP contribution is 2.33. The molecule has 92 heavy (non-hydrogen) atoms. The number of allylic oxidation sites excluding steroid dienone is 4. The molecule has 0 aliphatic carbocycles. The summed E-state index contributed by atoms with van der Waals surface area (Å²) in [6, 6.07) is 0. The van der Waals surface area contributed by atoms with Crippen LogP contribution in [0.15, 0.2) is 48.1 Å². The van der Waals surface area contributed by atoms with Crippen LogP contribution in [0.1, 0.15) is 194 Å². The molecule has 24 nitrogen and oxygen atoms in total. The van der Waals surface area contributed by atoms with Crippen molar-refractivity contribution in [3.8, 4) is 0 Å². The lowest BCUT2D eigenvalue weighted by molar-refractivity contribution is -0.250. The van der Waals surface area contributed by atoms with Crippen LogP contribution in [0.3, 0.4) is 0 Å². The van der Waals surface area contributed by atoms with Crippen molar-refractivity contribution in [2.24, 2.45) is 17.8 Å². The maximum Gasteiger partial charge on any atom is 0.138 e. The number of carbonyl (C=O) groups excluding carboxylic acids is 1. The highest BCUT2D eigenvalue weighted by Gasteiger charge is 2.49. The van der Waals surface area contributed by atoms with Crippen molar-refractivity contribution in [3.05, 3.63) is 48.1 Å². The van der Waals surface area contributed by atoms with E-state index in [9.17, 15) is 107 Å². The van der Waals surface area contributed by atoms with Crippen LogP contribution < -0.4 is 0 Å². The predicted octanol–water partition coefficient (Wildman–Crippen LogP) is 1.16. The van der Waals surface area contributed by atoms with Crippen molar-refractivity contribution in [3.63, 3.8) is 0 Å². The molecule has 0 saturated carbocycles. The minimum absolute atomic E-state index is 0.0183. The Balaban J connectivity index is 1.78. The third-order valence-electron chi connectivity index (χ3n) is 18.6. The number of rotatable bonds is 51. The zero-order valence-electron chi connectivity index (χ0n) is 54.6. The Bertz CT molecular complexity index is 2030. The molecule has 2 fully saturated rings. The molecule has 0 aromatic rings. The minimum Gasteiger partial charge on any atom is -0.396 e. The number of halogens is 1. The van der Waals surface area contributed by atoms with Gasteiger partial charge in [0, 0.05) is 37.8 Å². The molecule has 2 saturated heterocycles. The molecule has 0 radical (unpaired) electrons. The number of ether oxygens (including phenoxy) is 2. The number of carbonyl (C=O) groups is 1. The van der Waals surface area contributed by atoms with Gasteiger partial charge in [0.2, 0.25) is 0 Å². The van der Waals surface area contributed by atoms with Gasteiger partial charge in [-0.3, -0.25) is 4.79 Å². The normalized spacial score (nSPS) is 27.7. The summed E-state index contributed by atoms with van der Waals surface area (Å²) in [6.07, 6.45) is -16.0. The highest BCUT2D eigenvalue weighted by atomic mass is 35.5. The van der Waals surface area contributed by atoms with Crippen molar-refractivity contribution in [2.75, 3.05) is 6.61 Å². The fourth-order valence-corrected chi connectivity index (χ4v) is 12.3. The number of hydrogen-bond acceptors (Lipinski definition) is 24. The molecule has 2 aliphatic heterocycles. The van der Waals surface area contributed by atoms with Gasteiger partial charge in [0.15, 0.2) is 0 Å². The molecule has 0 aromatic heterocycles. The monoisotopic (exact) mass is 1340 g/mol. The first-order valence-corrected chi connectivity index (χ1v) is 34.2. The largest absolute Gasteiger partial charge is 0.396 e. The molecule has 540 valence electrons. The maximum atomic E-state index is 12.1. The maximum absolute atomic E-state index is 12.1. The van der Waals surface area contributed by atoms with Gasteiger partial charge in [-0.2, -0.15) is 0 Å². The van der Waals surface area contributed by atoms with Crippen LogP contribution >= 0.6 is 11.6 Å². The third kappa shape index (κ3) is 31.7. The quantitative estimate of drug-likeness (QED) is 0.0231. The smallest absolute Gasteiger partial charge is 0.138 e. The molecular formula is C67H121ClO24. The first-order valence-electron chi connectivity index (χ1n) is 33.8. The lowest BCUT2D eigenvalue weighted by atomic mass is 9.85. The van der Waals surface area contributed by atoms with Crippen molar-refractivity contribution in [1.29, 1.82) is 0 Å². The second kappa shape index (κ2) is 47.1. The molecule has 2 aliphatic rings. The molecule has 2 rings (SSSR count). The molecular weight excluding hydrogens is 1220 g/mol. The second-order valence-corrected chi connectivity index (χ2v) is 26.8. The van der Waals surface area contributed by atoms with Gasteiger partial charge >= 0.3 is 0 Å². The van der Waals surface area contributed by atoms with Crippen LogP contribution in [-0.2, 0) is 14.3 Å². The van der Waals surface area contributed by atoms with Crippen molar-refractivity contribution < 1.29 is 122 Å². The van der Waals surface area contributed by atoms with Crippen LogP contribution in [0.4, 0.5) is 0 Å². The van der Waals surface area contributed by atoms with Crippen molar-refractivity contribution in [1.82, 2.24) is 0 Å². The molecule has 21 N–H and O–H groups in total. The van der Waals surface area contributed by atoms with E-state index in [1.165, 1.54) is 11.6 Å². The van der Waals surface area contributed by atoms with Gasteiger partial charge in [0.1, 0.15) is 72.9 Å². The number of hydrogen-bond donors (Lipinski definition) is 21. The summed E-state index contributed by atoms with van der Waals surface area (Å²) in [7, 11) is 0. The molecule has 27 atom stereocenters. The van der Waals surface area contributed by atoms with E-state index in [0.717, 1.165) is 44.9 Å². The summed E-state index contributed by atoms with van der Waals surface area (Å²) >= 11 is 5.50. The highest BCUT2D eigenvalue weighted by molar-refractivity contribution is 6.25. The van der Waals surface area contributed by atoms with E-state index in [-0.39, 0.29) is 88.1 Å². The SMILES string of the molecule is C=C(CC[C@H](O)[C@H]1O[C@H](C[C@@H](O)[C@H](O)[C@H](C)CCC[C@@H](O)[C@H](O)[C@H](O)[C@@H](C)CC[C@@H](O)[C@H](O)[C@H](C)CCC[C@@H](O)CCCC(O)CC(=O)C[C@@H](O)CCCO)[C@@H](O)[C@@H](O)[C@@H]1O)[C@H](O)[C@H](O)[C@@H]1C[C@H](O)[C@H](O)[C@@H]([C@H](O)[C@H](O)/C=C/CCCCCCCC/C=C/C=C/Cl)O1. The average Bonchev–Trinajstić information content (AvgIpc) is 1.01. The summed E-state index contributed by atoms with van der Waals surface area (Å²) in [5, 5.41) is 225. The van der Waals surface area contributed by atoms with Gasteiger partial charge in [-0.25, -0.2) is 0 Å². The van der Waals surface area contributed by atoms with Gasteiger partial charge in [-0.15, -0.1) is 0 Å². The Labute approximate surface area is 549 Å². The lowest BCUT2D eigenvalue weighted by Crippen LogP contribution is -2.61. The number of ketones is 1. The topological polar surface area (TPSA) is 460 Å². The van der Waals surface area contributed by atoms with Gasteiger partial charge < -0.3 is 117 Å². The van der Waals surface area contributed by atoms with Crippen LogP contribution in [0.25, 0.3) is 0 Å². The molecule has 2 heterocycles. The van der Waals surface area contributed by atoms with E-state index < -0.39 is 165 Å². The zero-order chi connectivity index (χ0) is 69.2. The number of aliphatic hydroxyl groups excluding tert-OH is 21. The predicted molar refractivity (Wildman–Crippen MR) is 344 cm³/mol.